The molecule has 1 saturated carbocycles. The van der Waals surface area contributed by atoms with Crippen LogP contribution in [0, 0.1) is 17.6 Å². The average Bonchev–Trinajstić information content (AvgIpc) is 3.34. The third-order valence-corrected chi connectivity index (χ3v) is 4.26. The second-order valence-corrected chi connectivity index (χ2v) is 6.02. The molecule has 0 radical (unpaired) electrons. The Morgan fingerprint density at radius 2 is 1.68 bits per heavy atom. The topological polar surface area (TPSA) is 29.1 Å². The highest BCUT2D eigenvalue weighted by Gasteiger charge is 2.44. The Hall–Kier alpha value is -2.44. The van der Waals surface area contributed by atoms with Gasteiger partial charge in [-0.25, -0.2) is 8.78 Å². The van der Waals surface area contributed by atoms with Crippen LogP contribution in [-0.4, -0.2) is 5.91 Å². The second-order valence-electron chi connectivity index (χ2n) is 6.02. The fourth-order valence-electron chi connectivity index (χ4n) is 2.84. The largest absolute Gasteiger partial charge is 0.416 e. The maximum absolute atomic E-state index is 13.1. The molecule has 2 atom stereocenters. The van der Waals surface area contributed by atoms with E-state index in [1.165, 1.54) is 12.1 Å². The maximum atomic E-state index is 13.1. The summed E-state index contributed by atoms with van der Waals surface area (Å²) in [7, 11) is 0. The summed E-state index contributed by atoms with van der Waals surface area (Å²) in [6.07, 6.45) is -4.13. The van der Waals surface area contributed by atoms with Gasteiger partial charge in [-0.3, -0.25) is 4.79 Å². The van der Waals surface area contributed by atoms with Crippen LogP contribution < -0.4 is 5.32 Å². The zero-order chi connectivity index (χ0) is 18.2. The zero-order valence-electron chi connectivity index (χ0n) is 12.9. The number of hydrogen-bond donors (Lipinski definition) is 1. The molecule has 1 fully saturated rings. The first-order valence-corrected chi connectivity index (χ1v) is 7.64. The van der Waals surface area contributed by atoms with Gasteiger partial charge in [-0.1, -0.05) is 18.2 Å². The highest BCUT2D eigenvalue weighted by atomic mass is 19.4. The van der Waals surface area contributed by atoms with Crippen LogP contribution >= 0.6 is 0 Å². The molecule has 0 spiro atoms. The van der Waals surface area contributed by atoms with Crippen molar-refractivity contribution in [1.29, 1.82) is 0 Å². The third-order valence-electron chi connectivity index (χ3n) is 4.26. The second kappa shape index (κ2) is 6.46. The van der Waals surface area contributed by atoms with E-state index in [2.05, 4.69) is 5.32 Å². The van der Waals surface area contributed by atoms with Gasteiger partial charge >= 0.3 is 6.18 Å². The quantitative estimate of drug-likeness (QED) is 0.809. The SMILES string of the molecule is O=C(NCc1ccc(F)cc1C(F)(F)F)C1CC1c1ccc(F)cc1. The van der Waals surface area contributed by atoms with Gasteiger partial charge < -0.3 is 5.32 Å². The van der Waals surface area contributed by atoms with Crippen LogP contribution in [-0.2, 0) is 17.5 Å². The lowest BCUT2D eigenvalue weighted by molar-refractivity contribution is -0.138. The van der Waals surface area contributed by atoms with E-state index in [-0.39, 0.29) is 35.7 Å². The minimum atomic E-state index is -4.70. The van der Waals surface area contributed by atoms with Crippen molar-refractivity contribution in [3.05, 3.63) is 70.8 Å². The van der Waals surface area contributed by atoms with Crippen molar-refractivity contribution in [1.82, 2.24) is 5.32 Å². The van der Waals surface area contributed by atoms with Gasteiger partial charge in [-0.15, -0.1) is 0 Å². The van der Waals surface area contributed by atoms with Crippen molar-refractivity contribution in [2.45, 2.75) is 25.1 Å². The summed E-state index contributed by atoms with van der Waals surface area (Å²) in [5.41, 5.74) is -0.473. The lowest BCUT2D eigenvalue weighted by atomic mass is 10.1. The van der Waals surface area contributed by atoms with Crippen molar-refractivity contribution in [3.63, 3.8) is 0 Å². The van der Waals surface area contributed by atoms with Crippen molar-refractivity contribution in [2.75, 3.05) is 0 Å². The molecule has 1 N–H and O–H groups in total. The number of alkyl halides is 3. The number of hydrogen-bond acceptors (Lipinski definition) is 1. The Bertz CT molecular complexity index is 785. The number of rotatable bonds is 4. The molecule has 2 aromatic carbocycles. The van der Waals surface area contributed by atoms with Crippen molar-refractivity contribution < 1.29 is 26.7 Å². The minimum absolute atomic E-state index is 0.0593. The molecule has 25 heavy (non-hydrogen) atoms. The van der Waals surface area contributed by atoms with Gasteiger partial charge in [-0.05, 0) is 47.7 Å². The zero-order valence-corrected chi connectivity index (χ0v) is 12.9. The fraction of sp³-hybridized carbons (Fsp3) is 0.278. The number of amides is 1. The van der Waals surface area contributed by atoms with Crippen molar-refractivity contribution in [2.24, 2.45) is 5.92 Å². The van der Waals surface area contributed by atoms with E-state index in [1.54, 1.807) is 12.1 Å². The van der Waals surface area contributed by atoms with E-state index in [0.717, 1.165) is 17.7 Å². The van der Waals surface area contributed by atoms with Crippen LogP contribution in [0.5, 0.6) is 0 Å². The van der Waals surface area contributed by atoms with Gasteiger partial charge in [-0.2, -0.15) is 13.2 Å². The summed E-state index contributed by atoms with van der Waals surface area (Å²) in [4.78, 5) is 12.1. The number of benzene rings is 2. The van der Waals surface area contributed by atoms with Gasteiger partial charge in [0.05, 0.1) is 5.56 Å². The smallest absolute Gasteiger partial charge is 0.352 e. The maximum Gasteiger partial charge on any atom is 0.416 e. The molecule has 2 aromatic rings. The first-order valence-electron chi connectivity index (χ1n) is 7.64. The molecule has 0 aliphatic heterocycles. The van der Waals surface area contributed by atoms with E-state index in [0.29, 0.717) is 12.5 Å². The number of carbonyl (C=O) groups excluding carboxylic acids is 1. The monoisotopic (exact) mass is 355 g/mol. The molecule has 7 heteroatoms. The third kappa shape index (κ3) is 3.97. The van der Waals surface area contributed by atoms with Gasteiger partial charge in [0.25, 0.3) is 0 Å². The van der Waals surface area contributed by atoms with Gasteiger partial charge in [0.15, 0.2) is 0 Å². The predicted octanol–water partition coefficient (Wildman–Crippen LogP) is 4.40. The molecule has 2 nitrogen and oxygen atoms in total. The summed E-state index contributed by atoms with van der Waals surface area (Å²) >= 11 is 0. The summed E-state index contributed by atoms with van der Waals surface area (Å²) in [6, 6.07) is 8.15. The summed E-state index contributed by atoms with van der Waals surface area (Å²) < 4.78 is 64.8. The Labute approximate surface area is 140 Å². The molecule has 3 rings (SSSR count). The van der Waals surface area contributed by atoms with Crippen LogP contribution in [0.25, 0.3) is 0 Å². The van der Waals surface area contributed by atoms with Crippen LogP contribution in [0.2, 0.25) is 0 Å². The first-order chi connectivity index (χ1) is 11.8. The lowest BCUT2D eigenvalue weighted by Crippen LogP contribution is -2.26. The van der Waals surface area contributed by atoms with Gasteiger partial charge in [0, 0.05) is 12.5 Å². The Balaban J connectivity index is 1.63. The molecule has 1 amide bonds. The highest BCUT2D eigenvalue weighted by molar-refractivity contribution is 5.82. The van der Waals surface area contributed by atoms with E-state index in [9.17, 15) is 26.7 Å². The fourth-order valence-corrected chi connectivity index (χ4v) is 2.84. The van der Waals surface area contributed by atoms with Crippen LogP contribution in [0.4, 0.5) is 22.0 Å². The summed E-state index contributed by atoms with van der Waals surface area (Å²) in [6.45, 7) is -0.333. The number of nitrogens with one attached hydrogen (secondary N) is 1. The number of halogens is 5. The van der Waals surface area contributed by atoms with E-state index in [4.69, 9.17) is 0 Å². The average molecular weight is 355 g/mol. The predicted molar refractivity (Wildman–Crippen MR) is 80.5 cm³/mol. The molecule has 2 unspecified atom stereocenters. The molecular weight excluding hydrogens is 341 g/mol. The van der Waals surface area contributed by atoms with E-state index >= 15 is 0 Å². The minimum Gasteiger partial charge on any atom is -0.352 e. The van der Waals surface area contributed by atoms with Gasteiger partial charge in [0.1, 0.15) is 11.6 Å². The molecule has 0 saturated heterocycles. The number of carbonyl (C=O) groups is 1. The van der Waals surface area contributed by atoms with E-state index < -0.39 is 17.6 Å². The normalized spacial score (nSPS) is 19.6. The summed E-state index contributed by atoms with van der Waals surface area (Å²) in [5, 5.41) is 2.47. The Morgan fingerprint density at radius 1 is 1.04 bits per heavy atom. The molecule has 0 heterocycles. The van der Waals surface area contributed by atoms with Crippen molar-refractivity contribution in [3.8, 4) is 0 Å². The Morgan fingerprint density at radius 3 is 2.32 bits per heavy atom. The highest BCUT2D eigenvalue weighted by Crippen LogP contribution is 2.47. The van der Waals surface area contributed by atoms with Crippen molar-refractivity contribution >= 4 is 5.91 Å². The van der Waals surface area contributed by atoms with E-state index in [1.807, 2.05) is 0 Å². The molecule has 0 bridgehead atoms. The van der Waals surface area contributed by atoms with Crippen LogP contribution in [0.15, 0.2) is 42.5 Å². The molecule has 0 aromatic heterocycles. The first kappa shape index (κ1) is 17.4. The van der Waals surface area contributed by atoms with Crippen LogP contribution in [0.3, 0.4) is 0 Å². The Kier molecular flexibility index (Phi) is 4.49. The molecule has 1 aliphatic carbocycles. The van der Waals surface area contributed by atoms with Crippen LogP contribution in [0.1, 0.15) is 29.0 Å². The van der Waals surface area contributed by atoms with Gasteiger partial charge in [0.2, 0.25) is 5.91 Å². The molecule has 132 valence electrons. The molecule has 1 aliphatic rings. The standard InChI is InChI=1S/C18H14F5NO/c19-12-4-1-10(2-5-12)14-8-15(14)17(25)24-9-11-3-6-13(20)7-16(11)18(21,22)23/h1-7,14-15H,8-9H2,(H,24,25). The summed E-state index contributed by atoms with van der Waals surface area (Å²) in [5.74, 6) is -2.13. The molecular formula is C18H14F5NO. The lowest BCUT2D eigenvalue weighted by Gasteiger charge is -2.13.